The van der Waals surface area contributed by atoms with Gasteiger partial charge in [0.1, 0.15) is 0 Å². The van der Waals surface area contributed by atoms with E-state index in [0.29, 0.717) is 0 Å². The van der Waals surface area contributed by atoms with Crippen LogP contribution in [0.25, 0.3) is 0 Å². The van der Waals surface area contributed by atoms with Crippen LogP contribution in [0.3, 0.4) is 0 Å². The van der Waals surface area contributed by atoms with Gasteiger partial charge in [0.2, 0.25) is 0 Å². The van der Waals surface area contributed by atoms with Gasteiger partial charge < -0.3 is 0 Å². The third kappa shape index (κ3) is 18.7. The highest BCUT2D eigenvalue weighted by Gasteiger charge is 1.98. The molecule has 0 amide bonds. The Morgan fingerprint density at radius 3 is 1.58 bits per heavy atom. The predicted molar refractivity (Wildman–Crippen MR) is 130 cm³/mol. The number of alkyl halides is 1. The number of aryl methyl sites for hydroxylation is 3. The van der Waals surface area contributed by atoms with Crippen LogP contribution in [0.5, 0.6) is 0 Å². The summed E-state index contributed by atoms with van der Waals surface area (Å²) in [5.74, 6) is 0.898. The first-order chi connectivity index (χ1) is 11.3. The zero-order valence-electron chi connectivity index (χ0n) is 17.9. The van der Waals surface area contributed by atoms with Crippen LogP contribution in [0, 0.1) is 19.8 Å². The molecule has 0 aliphatic heterocycles. The average molecular weight is 466 g/mol. The lowest BCUT2D eigenvalue weighted by Gasteiger charge is -2.06. The van der Waals surface area contributed by atoms with Crippen molar-refractivity contribution in [2.45, 2.75) is 93.9 Å². The molecule has 0 aliphatic carbocycles. The highest BCUT2D eigenvalue weighted by Crippen LogP contribution is 2.10. The Balaban J connectivity index is -0.000000290. The summed E-state index contributed by atoms with van der Waals surface area (Å²) in [6, 6.07) is 4.51. The van der Waals surface area contributed by atoms with E-state index in [1.165, 1.54) is 54.1 Å². The first kappa shape index (κ1) is 29.2. The van der Waals surface area contributed by atoms with Crippen molar-refractivity contribution in [3.63, 3.8) is 0 Å². The molecular weight excluding hydrogens is 422 g/mol. The number of benzene rings is 1. The van der Waals surface area contributed by atoms with Crippen LogP contribution in [-0.2, 0) is 6.42 Å². The molecule has 0 radical (unpaired) electrons. The van der Waals surface area contributed by atoms with Gasteiger partial charge in [-0.05, 0) is 53.1 Å². The molecule has 0 spiro atoms. The molecule has 1 rings (SSSR count). The van der Waals surface area contributed by atoms with E-state index in [-0.39, 0.29) is 0 Å². The Bertz CT molecular complexity index is 370. The molecule has 1 unspecified atom stereocenters. The minimum Gasteiger partial charge on any atom is -0.105 e. The van der Waals surface area contributed by atoms with Crippen molar-refractivity contribution >= 4 is 37.1 Å². The van der Waals surface area contributed by atoms with Crippen molar-refractivity contribution in [2.24, 2.45) is 5.92 Å². The Morgan fingerprint density at radius 1 is 0.875 bits per heavy atom. The number of hydrogen-bond acceptors (Lipinski definition) is 0. The predicted octanol–water partition coefficient (Wildman–Crippen LogP) is 8.06. The summed E-state index contributed by atoms with van der Waals surface area (Å²) in [5, 5.41) is 1.34. The molecule has 0 nitrogen and oxygen atoms in total. The summed E-state index contributed by atoms with van der Waals surface area (Å²) in [5.41, 5.74) is 4.22. The number of halogens is 1. The minimum atomic E-state index is 0.898. The molecule has 24 heavy (non-hydrogen) atoms. The average Bonchev–Trinajstić information content (AvgIpc) is 2.54. The van der Waals surface area contributed by atoms with Crippen molar-refractivity contribution < 1.29 is 0 Å². The van der Waals surface area contributed by atoms with Gasteiger partial charge in [0, 0.05) is 0 Å². The highest BCUT2D eigenvalue weighted by atomic mass is 127. The van der Waals surface area contributed by atoms with Crippen molar-refractivity contribution in [1.82, 2.24) is 0 Å². The molecule has 0 saturated heterocycles. The molecule has 0 aliphatic rings. The molecule has 1 aromatic rings. The SMILES string of the molecule is CCCC(C)C.CCCCC.CCc1cc(C)c(C)cc1P.CI. The van der Waals surface area contributed by atoms with E-state index >= 15 is 0 Å². The maximum absolute atomic E-state index is 2.79. The Hall–Kier alpha value is 0.380. The van der Waals surface area contributed by atoms with E-state index in [2.05, 4.69) is 99.4 Å². The van der Waals surface area contributed by atoms with Crippen LogP contribution in [0.1, 0.15) is 90.3 Å². The zero-order valence-corrected chi connectivity index (χ0v) is 21.2. The Labute approximate surface area is 170 Å². The van der Waals surface area contributed by atoms with E-state index in [4.69, 9.17) is 0 Å². The largest absolute Gasteiger partial charge is 0.105 e. The molecular formula is C22H44IP. The van der Waals surface area contributed by atoms with E-state index in [9.17, 15) is 0 Å². The number of rotatable bonds is 5. The zero-order chi connectivity index (χ0) is 19.5. The Kier molecular flexibility index (Phi) is 26.0. The second kappa shape index (κ2) is 21.4. The van der Waals surface area contributed by atoms with E-state index < -0.39 is 0 Å². The van der Waals surface area contributed by atoms with Gasteiger partial charge in [0.15, 0.2) is 0 Å². The molecule has 0 saturated carbocycles. The highest BCUT2D eigenvalue weighted by molar-refractivity contribution is 14.1. The third-order valence-electron chi connectivity index (χ3n) is 3.71. The van der Waals surface area contributed by atoms with E-state index in [0.717, 1.165) is 12.3 Å². The van der Waals surface area contributed by atoms with Crippen molar-refractivity contribution in [2.75, 3.05) is 4.93 Å². The molecule has 2 heteroatoms. The molecule has 1 aromatic carbocycles. The fourth-order valence-corrected chi connectivity index (χ4v) is 2.67. The van der Waals surface area contributed by atoms with Crippen molar-refractivity contribution in [1.29, 1.82) is 0 Å². The smallest absolute Gasteiger partial charge is 0.0121 e. The van der Waals surface area contributed by atoms with E-state index in [1.54, 1.807) is 0 Å². The third-order valence-corrected chi connectivity index (χ3v) is 4.25. The van der Waals surface area contributed by atoms with Crippen molar-refractivity contribution in [3.8, 4) is 0 Å². The molecule has 0 heterocycles. The minimum absolute atomic E-state index is 0.898. The molecule has 0 N–H and O–H groups in total. The van der Waals surface area contributed by atoms with Gasteiger partial charge in [0.05, 0.1) is 0 Å². The van der Waals surface area contributed by atoms with Gasteiger partial charge >= 0.3 is 0 Å². The van der Waals surface area contributed by atoms with E-state index in [1.807, 2.05) is 4.93 Å². The molecule has 144 valence electrons. The maximum atomic E-state index is 2.79. The lowest BCUT2D eigenvalue weighted by Crippen LogP contribution is -2.02. The first-order valence-electron chi connectivity index (χ1n) is 9.57. The van der Waals surface area contributed by atoms with Crippen LogP contribution in [0.15, 0.2) is 12.1 Å². The van der Waals surface area contributed by atoms with Crippen LogP contribution >= 0.6 is 31.8 Å². The normalized spacial score (nSPS) is 9.17. The fourth-order valence-electron chi connectivity index (χ4n) is 2.14. The van der Waals surface area contributed by atoms with Gasteiger partial charge in [-0.3, -0.25) is 0 Å². The first-order valence-corrected chi connectivity index (χ1v) is 12.3. The van der Waals surface area contributed by atoms with Crippen LogP contribution in [0.4, 0.5) is 0 Å². The molecule has 0 bridgehead atoms. The second-order valence-corrected chi connectivity index (χ2v) is 7.15. The standard InChI is InChI=1S/C10H15P.C6H14.C5H12.CH3I/c1-4-9-5-7(2)8(3)6-10(9)11;1-4-5-6(2)3;1-3-5-4-2;1-2/h5-6H,4,11H2,1-3H3;6H,4-5H2,1-3H3;3-5H2,1-2H3;1H3. The summed E-state index contributed by atoms with van der Waals surface area (Å²) >= 11 is 2.15. The summed E-state index contributed by atoms with van der Waals surface area (Å²) in [4.78, 5) is 1.97. The van der Waals surface area contributed by atoms with Gasteiger partial charge in [0.25, 0.3) is 0 Å². The summed E-state index contributed by atoms with van der Waals surface area (Å²) in [6.07, 6.45) is 7.91. The topological polar surface area (TPSA) is 0 Å². The summed E-state index contributed by atoms with van der Waals surface area (Å²) in [7, 11) is 2.79. The van der Waals surface area contributed by atoms with Gasteiger partial charge in [-0.1, -0.05) is 108 Å². The van der Waals surface area contributed by atoms with Gasteiger partial charge in [-0.25, -0.2) is 0 Å². The maximum Gasteiger partial charge on any atom is -0.0121 e. The van der Waals surface area contributed by atoms with Crippen LogP contribution in [-0.4, -0.2) is 4.93 Å². The van der Waals surface area contributed by atoms with Crippen LogP contribution < -0.4 is 5.30 Å². The van der Waals surface area contributed by atoms with Gasteiger partial charge in [-0.2, -0.15) is 0 Å². The summed E-state index contributed by atoms with van der Waals surface area (Å²) < 4.78 is 0. The number of hydrogen-bond donors (Lipinski definition) is 0. The quantitative estimate of drug-likeness (QED) is 0.234. The Morgan fingerprint density at radius 2 is 1.33 bits per heavy atom. The van der Waals surface area contributed by atoms with Gasteiger partial charge in [-0.15, -0.1) is 9.24 Å². The lowest BCUT2D eigenvalue weighted by molar-refractivity contribution is 0.576. The second-order valence-electron chi connectivity index (χ2n) is 6.52. The fraction of sp³-hybridized carbons (Fsp3) is 0.727. The lowest BCUT2D eigenvalue weighted by atomic mass is 10.0. The molecule has 0 fully saturated rings. The summed E-state index contributed by atoms with van der Waals surface area (Å²) in [6.45, 7) is 17.7. The number of unbranched alkanes of at least 4 members (excludes halogenated alkanes) is 2. The molecule has 0 aromatic heterocycles. The van der Waals surface area contributed by atoms with Crippen molar-refractivity contribution in [3.05, 3.63) is 28.8 Å². The van der Waals surface area contributed by atoms with Crippen LogP contribution in [0.2, 0.25) is 0 Å². The monoisotopic (exact) mass is 466 g/mol. The molecule has 1 atom stereocenters.